The maximum absolute atomic E-state index is 13.0. The van der Waals surface area contributed by atoms with E-state index in [-0.39, 0.29) is 16.5 Å². The van der Waals surface area contributed by atoms with Crippen molar-refractivity contribution < 1.29 is 17.6 Å². The molecule has 0 amide bonds. The van der Waals surface area contributed by atoms with Gasteiger partial charge in [-0.15, -0.1) is 0 Å². The van der Waals surface area contributed by atoms with Crippen LogP contribution >= 0.6 is 22.6 Å². The van der Waals surface area contributed by atoms with Gasteiger partial charge in [0.1, 0.15) is 17.7 Å². The van der Waals surface area contributed by atoms with E-state index in [9.17, 15) is 13.2 Å². The van der Waals surface area contributed by atoms with E-state index in [1.165, 1.54) is 6.07 Å². The van der Waals surface area contributed by atoms with Crippen molar-refractivity contribution in [2.24, 2.45) is 0 Å². The molecule has 0 radical (unpaired) electrons. The highest BCUT2D eigenvalue weighted by atomic mass is 127. The lowest BCUT2D eigenvalue weighted by molar-refractivity contribution is 0.152. The third kappa shape index (κ3) is 1.49. The second-order valence-electron chi connectivity index (χ2n) is 2.75. The summed E-state index contributed by atoms with van der Waals surface area (Å²) in [6, 6.07) is 2.47. The van der Waals surface area contributed by atoms with Gasteiger partial charge in [0.2, 0.25) is 0 Å². The van der Waals surface area contributed by atoms with Gasteiger partial charge in [-0.25, -0.2) is 13.2 Å². The number of hydrogen-bond donors (Lipinski definition) is 0. The molecule has 0 bridgehead atoms. The van der Waals surface area contributed by atoms with Crippen LogP contribution < -0.4 is 0 Å². The molecule has 1 heterocycles. The standard InChI is InChI=1S/C9H4F3IO/c10-6-2-8-4(1-7(6)13)5(3-14-8)9(11)12/h1-3,9H. The Bertz CT molecular complexity index is 478. The average Bonchev–Trinajstić information content (AvgIpc) is 2.48. The van der Waals surface area contributed by atoms with Crippen LogP contribution in [-0.4, -0.2) is 0 Å². The molecule has 0 saturated carbocycles. The first-order chi connectivity index (χ1) is 6.59. The summed E-state index contributed by atoms with van der Waals surface area (Å²) in [4.78, 5) is 0. The van der Waals surface area contributed by atoms with E-state index in [1.807, 2.05) is 0 Å². The molecular weight excluding hydrogens is 308 g/mol. The predicted octanol–water partition coefficient (Wildman–Crippen LogP) is 4.11. The Hall–Kier alpha value is -0.720. The molecular formula is C9H4F3IO. The largest absolute Gasteiger partial charge is 0.464 e. The monoisotopic (exact) mass is 312 g/mol. The predicted molar refractivity (Wildman–Crippen MR) is 53.8 cm³/mol. The number of furan rings is 1. The van der Waals surface area contributed by atoms with Gasteiger partial charge >= 0.3 is 0 Å². The van der Waals surface area contributed by atoms with Crippen molar-refractivity contribution in [1.82, 2.24) is 0 Å². The van der Waals surface area contributed by atoms with E-state index in [2.05, 4.69) is 0 Å². The Morgan fingerprint density at radius 2 is 2.00 bits per heavy atom. The minimum Gasteiger partial charge on any atom is -0.464 e. The molecule has 5 heteroatoms. The van der Waals surface area contributed by atoms with E-state index < -0.39 is 12.2 Å². The molecule has 0 spiro atoms. The Balaban J connectivity index is 2.74. The van der Waals surface area contributed by atoms with Gasteiger partial charge in [0, 0.05) is 15.0 Å². The summed E-state index contributed by atoms with van der Waals surface area (Å²) in [6.45, 7) is 0. The van der Waals surface area contributed by atoms with Crippen LogP contribution in [0, 0.1) is 9.39 Å². The fourth-order valence-electron chi connectivity index (χ4n) is 1.21. The van der Waals surface area contributed by atoms with Gasteiger partial charge in [0.15, 0.2) is 0 Å². The second-order valence-corrected chi connectivity index (χ2v) is 3.92. The molecule has 0 saturated heterocycles. The van der Waals surface area contributed by atoms with Crippen LogP contribution in [0.1, 0.15) is 12.0 Å². The average molecular weight is 312 g/mol. The maximum Gasteiger partial charge on any atom is 0.267 e. The van der Waals surface area contributed by atoms with Gasteiger partial charge in [-0.3, -0.25) is 0 Å². The number of rotatable bonds is 1. The van der Waals surface area contributed by atoms with Crippen molar-refractivity contribution in [1.29, 1.82) is 0 Å². The van der Waals surface area contributed by atoms with Crippen LogP contribution in [0.2, 0.25) is 0 Å². The number of fused-ring (bicyclic) bond motifs is 1. The van der Waals surface area contributed by atoms with Crippen molar-refractivity contribution >= 4 is 33.6 Å². The van der Waals surface area contributed by atoms with Gasteiger partial charge in [-0.2, -0.15) is 0 Å². The molecule has 74 valence electrons. The summed E-state index contributed by atoms with van der Waals surface area (Å²) < 4.78 is 42.9. The lowest BCUT2D eigenvalue weighted by atomic mass is 10.2. The highest BCUT2D eigenvalue weighted by Crippen LogP contribution is 2.31. The normalized spacial score (nSPS) is 11.5. The van der Waals surface area contributed by atoms with E-state index in [4.69, 9.17) is 4.42 Å². The lowest BCUT2D eigenvalue weighted by Gasteiger charge is -1.96. The third-order valence-corrected chi connectivity index (χ3v) is 2.71. The summed E-state index contributed by atoms with van der Waals surface area (Å²) in [5.74, 6) is -0.465. The molecule has 0 unspecified atom stereocenters. The molecule has 0 N–H and O–H groups in total. The SMILES string of the molecule is Fc1cc2occ(C(F)F)c2cc1I. The molecule has 0 aliphatic heterocycles. The number of alkyl halides is 2. The summed E-state index contributed by atoms with van der Waals surface area (Å²) in [7, 11) is 0. The van der Waals surface area contributed by atoms with E-state index in [0.717, 1.165) is 12.3 Å². The minimum absolute atomic E-state index is 0.151. The summed E-state index contributed by atoms with van der Waals surface area (Å²) in [6.07, 6.45) is -1.64. The van der Waals surface area contributed by atoms with Crippen molar-refractivity contribution in [3.05, 3.63) is 33.3 Å². The van der Waals surface area contributed by atoms with Crippen molar-refractivity contribution in [2.75, 3.05) is 0 Å². The third-order valence-electron chi connectivity index (χ3n) is 1.88. The Morgan fingerprint density at radius 1 is 1.29 bits per heavy atom. The fourth-order valence-corrected chi connectivity index (χ4v) is 1.68. The molecule has 0 aliphatic rings. The van der Waals surface area contributed by atoms with Crippen molar-refractivity contribution in [2.45, 2.75) is 6.43 Å². The zero-order valence-electron chi connectivity index (χ0n) is 6.73. The Labute approximate surface area is 91.0 Å². The molecule has 0 fully saturated rings. The second kappa shape index (κ2) is 3.45. The summed E-state index contributed by atoms with van der Waals surface area (Å²) in [5.41, 5.74) is -0.0452. The van der Waals surface area contributed by atoms with Crippen LogP contribution in [-0.2, 0) is 0 Å². The molecule has 14 heavy (non-hydrogen) atoms. The topological polar surface area (TPSA) is 13.1 Å². The first kappa shape index (κ1) is 9.82. The Kier molecular flexibility index (Phi) is 2.42. The highest BCUT2D eigenvalue weighted by Gasteiger charge is 2.16. The van der Waals surface area contributed by atoms with Crippen LogP contribution in [0.15, 0.2) is 22.8 Å². The summed E-state index contributed by atoms with van der Waals surface area (Å²) in [5, 5.41) is 0.269. The molecule has 1 aromatic carbocycles. The maximum atomic E-state index is 13.0. The zero-order chi connectivity index (χ0) is 10.3. The molecule has 2 aromatic rings. The number of benzene rings is 1. The molecule has 2 rings (SSSR count). The lowest BCUT2D eigenvalue weighted by Crippen LogP contribution is -1.84. The van der Waals surface area contributed by atoms with Crippen molar-refractivity contribution in [3.8, 4) is 0 Å². The summed E-state index contributed by atoms with van der Waals surface area (Å²) >= 11 is 1.75. The van der Waals surface area contributed by atoms with Crippen LogP contribution in [0.25, 0.3) is 11.0 Å². The highest BCUT2D eigenvalue weighted by molar-refractivity contribution is 14.1. The quantitative estimate of drug-likeness (QED) is 0.722. The minimum atomic E-state index is -2.60. The van der Waals surface area contributed by atoms with Gasteiger partial charge in [-0.05, 0) is 28.7 Å². The molecule has 1 aromatic heterocycles. The number of hydrogen-bond acceptors (Lipinski definition) is 1. The van der Waals surface area contributed by atoms with Crippen molar-refractivity contribution in [3.63, 3.8) is 0 Å². The molecule has 0 atom stereocenters. The number of halogens is 4. The Morgan fingerprint density at radius 3 is 2.64 bits per heavy atom. The van der Waals surface area contributed by atoms with Crippen LogP contribution in [0.5, 0.6) is 0 Å². The first-order valence-electron chi connectivity index (χ1n) is 3.74. The van der Waals surface area contributed by atoms with E-state index >= 15 is 0 Å². The van der Waals surface area contributed by atoms with Crippen LogP contribution in [0.3, 0.4) is 0 Å². The van der Waals surface area contributed by atoms with Gasteiger partial charge in [-0.1, -0.05) is 0 Å². The van der Waals surface area contributed by atoms with Gasteiger partial charge in [0.05, 0.1) is 5.56 Å². The van der Waals surface area contributed by atoms with Gasteiger partial charge in [0.25, 0.3) is 6.43 Å². The smallest absolute Gasteiger partial charge is 0.267 e. The fraction of sp³-hybridized carbons (Fsp3) is 0.111. The van der Waals surface area contributed by atoms with E-state index in [1.54, 1.807) is 22.6 Å². The molecule has 1 nitrogen and oxygen atoms in total. The van der Waals surface area contributed by atoms with Crippen LogP contribution in [0.4, 0.5) is 13.2 Å². The first-order valence-corrected chi connectivity index (χ1v) is 4.82. The molecule has 0 aliphatic carbocycles. The van der Waals surface area contributed by atoms with Gasteiger partial charge < -0.3 is 4.42 Å². The zero-order valence-corrected chi connectivity index (χ0v) is 8.89. The van der Waals surface area contributed by atoms with E-state index in [0.29, 0.717) is 3.57 Å².